The molecule has 0 saturated carbocycles. The highest BCUT2D eigenvalue weighted by Crippen LogP contribution is 2.43. The fourth-order valence-electron chi connectivity index (χ4n) is 4.01. The molecule has 0 bridgehead atoms. The Balaban J connectivity index is 1.58. The standard InChI is InChI=1S/C20H26BrN3O2S/c1-20(2,3)26-19(25)24-10-6-9-15(24)18-22-11-14(23-18)16-12-7-4-5-8-13(12)17(21)27-16/h11,15H,4-10H2,1-3H3,(H,22,23)/t15-/m0/s1. The third-order valence-corrected chi connectivity index (χ3v) is 7.27. The highest BCUT2D eigenvalue weighted by molar-refractivity contribution is 9.11. The van der Waals surface area contributed by atoms with E-state index in [0.29, 0.717) is 0 Å². The van der Waals surface area contributed by atoms with E-state index in [4.69, 9.17) is 4.74 Å². The van der Waals surface area contributed by atoms with Crippen LogP contribution in [0.2, 0.25) is 0 Å². The van der Waals surface area contributed by atoms with Crippen LogP contribution in [0.4, 0.5) is 4.79 Å². The highest BCUT2D eigenvalue weighted by Gasteiger charge is 2.35. The first kappa shape index (κ1) is 19.0. The second-order valence-electron chi connectivity index (χ2n) is 8.38. The molecule has 7 heteroatoms. The Hall–Kier alpha value is -1.34. The van der Waals surface area contributed by atoms with Gasteiger partial charge in [0.1, 0.15) is 11.4 Å². The van der Waals surface area contributed by atoms with Crippen molar-refractivity contribution in [3.8, 4) is 10.6 Å². The molecule has 1 aliphatic heterocycles. The summed E-state index contributed by atoms with van der Waals surface area (Å²) in [5.74, 6) is 0.863. The number of rotatable bonds is 2. The zero-order valence-electron chi connectivity index (χ0n) is 16.1. The number of amides is 1. The smallest absolute Gasteiger partial charge is 0.410 e. The zero-order chi connectivity index (χ0) is 19.2. The second kappa shape index (κ2) is 7.24. The number of halogens is 1. The SMILES string of the molecule is CC(C)(C)OC(=O)N1CCC[C@H]1c1ncc(-c2sc(Br)c3c2CCCC3)[nH]1. The lowest BCUT2D eigenvalue weighted by Crippen LogP contribution is -2.36. The zero-order valence-corrected chi connectivity index (χ0v) is 18.5. The van der Waals surface area contributed by atoms with E-state index in [1.807, 2.05) is 31.9 Å². The van der Waals surface area contributed by atoms with Gasteiger partial charge in [-0.2, -0.15) is 0 Å². The van der Waals surface area contributed by atoms with Gasteiger partial charge in [-0.3, -0.25) is 4.90 Å². The van der Waals surface area contributed by atoms with Gasteiger partial charge in [0.05, 0.1) is 26.6 Å². The largest absolute Gasteiger partial charge is 0.444 e. The van der Waals surface area contributed by atoms with Crippen LogP contribution in [0, 0.1) is 0 Å². The molecule has 146 valence electrons. The van der Waals surface area contributed by atoms with E-state index in [1.54, 1.807) is 11.3 Å². The molecular formula is C20H26BrN3O2S. The molecule has 2 aromatic rings. The Morgan fingerprint density at radius 3 is 2.78 bits per heavy atom. The summed E-state index contributed by atoms with van der Waals surface area (Å²) in [5.41, 5.74) is 3.51. The van der Waals surface area contributed by atoms with Crippen molar-refractivity contribution in [1.29, 1.82) is 0 Å². The van der Waals surface area contributed by atoms with Crippen LogP contribution in [-0.2, 0) is 17.6 Å². The number of likely N-dealkylation sites (tertiary alicyclic amines) is 1. The van der Waals surface area contributed by atoms with E-state index in [-0.39, 0.29) is 12.1 Å². The van der Waals surface area contributed by atoms with Crippen molar-refractivity contribution in [2.75, 3.05) is 6.54 Å². The lowest BCUT2D eigenvalue weighted by atomic mass is 9.93. The molecule has 2 aromatic heterocycles. The quantitative estimate of drug-likeness (QED) is 0.622. The Bertz CT molecular complexity index is 852. The number of hydrogen-bond acceptors (Lipinski definition) is 4. The van der Waals surface area contributed by atoms with Gasteiger partial charge < -0.3 is 9.72 Å². The summed E-state index contributed by atoms with van der Waals surface area (Å²) in [6.07, 6.45) is 8.37. The van der Waals surface area contributed by atoms with E-state index >= 15 is 0 Å². The van der Waals surface area contributed by atoms with Gasteiger partial charge in [-0.05, 0) is 86.4 Å². The van der Waals surface area contributed by atoms with Gasteiger partial charge in [0, 0.05) is 6.54 Å². The number of nitrogens with one attached hydrogen (secondary N) is 1. The number of ether oxygens (including phenoxy) is 1. The Kier molecular flexibility index (Phi) is 5.10. The van der Waals surface area contributed by atoms with Crippen molar-refractivity contribution in [1.82, 2.24) is 14.9 Å². The van der Waals surface area contributed by atoms with Crippen LogP contribution in [0.25, 0.3) is 10.6 Å². The average molecular weight is 452 g/mol. The van der Waals surface area contributed by atoms with Crippen LogP contribution in [-0.4, -0.2) is 33.1 Å². The molecule has 1 saturated heterocycles. The predicted molar refractivity (Wildman–Crippen MR) is 111 cm³/mol. The van der Waals surface area contributed by atoms with Crippen LogP contribution in [0.1, 0.15) is 69.4 Å². The van der Waals surface area contributed by atoms with Gasteiger partial charge >= 0.3 is 6.09 Å². The minimum absolute atomic E-state index is 0.0344. The summed E-state index contributed by atoms with van der Waals surface area (Å²) in [4.78, 5) is 23.8. The third-order valence-electron chi connectivity index (χ3n) is 5.21. The first-order valence-electron chi connectivity index (χ1n) is 9.68. The number of H-pyrrole nitrogens is 1. The third kappa shape index (κ3) is 3.81. The molecule has 5 nitrogen and oxygen atoms in total. The summed E-state index contributed by atoms with van der Waals surface area (Å²) < 4.78 is 6.83. The molecule has 0 unspecified atom stereocenters. The fourth-order valence-corrected chi connectivity index (χ4v) is 6.03. The monoisotopic (exact) mass is 451 g/mol. The maximum absolute atomic E-state index is 12.6. The van der Waals surface area contributed by atoms with Crippen LogP contribution < -0.4 is 0 Å². The molecule has 2 aliphatic rings. The van der Waals surface area contributed by atoms with E-state index in [1.165, 1.54) is 32.6 Å². The van der Waals surface area contributed by atoms with Crippen LogP contribution >= 0.6 is 27.3 Å². The summed E-state index contributed by atoms with van der Waals surface area (Å²) in [6, 6.07) is -0.0344. The normalized spacial score (nSPS) is 20.0. The number of thiophene rings is 1. The summed E-state index contributed by atoms with van der Waals surface area (Å²) in [6.45, 7) is 6.42. The molecule has 3 heterocycles. The molecule has 0 radical (unpaired) electrons. The van der Waals surface area contributed by atoms with E-state index in [0.717, 1.165) is 43.7 Å². The van der Waals surface area contributed by atoms with Gasteiger partial charge in [-0.25, -0.2) is 9.78 Å². The maximum atomic E-state index is 12.6. The van der Waals surface area contributed by atoms with Crippen LogP contribution in [0.5, 0.6) is 0 Å². The molecule has 4 rings (SSSR count). The summed E-state index contributed by atoms with van der Waals surface area (Å²) >= 11 is 5.54. The van der Waals surface area contributed by atoms with Gasteiger partial charge in [0.15, 0.2) is 0 Å². The fraction of sp³-hybridized carbons (Fsp3) is 0.600. The van der Waals surface area contributed by atoms with Gasteiger partial charge in [0.25, 0.3) is 0 Å². The second-order valence-corrected chi connectivity index (χ2v) is 10.7. The van der Waals surface area contributed by atoms with Crippen molar-refractivity contribution in [3.63, 3.8) is 0 Å². The molecular weight excluding hydrogens is 426 g/mol. The Morgan fingerprint density at radius 1 is 1.30 bits per heavy atom. The molecule has 1 N–H and O–H groups in total. The molecule has 1 fully saturated rings. The number of imidazole rings is 1. The molecule has 0 aromatic carbocycles. The van der Waals surface area contributed by atoms with E-state index in [9.17, 15) is 4.79 Å². The number of fused-ring (bicyclic) bond motifs is 1. The molecule has 27 heavy (non-hydrogen) atoms. The number of carbonyl (C=O) groups excluding carboxylic acids is 1. The maximum Gasteiger partial charge on any atom is 0.410 e. The minimum Gasteiger partial charge on any atom is -0.444 e. The van der Waals surface area contributed by atoms with Crippen LogP contribution in [0.3, 0.4) is 0 Å². The van der Waals surface area contributed by atoms with Crippen molar-refractivity contribution >= 4 is 33.4 Å². The minimum atomic E-state index is -0.485. The summed E-state index contributed by atoms with van der Waals surface area (Å²) in [5, 5.41) is 0. The van der Waals surface area contributed by atoms with Gasteiger partial charge in [-0.1, -0.05) is 0 Å². The number of nitrogens with zero attached hydrogens (tertiary/aromatic N) is 2. The van der Waals surface area contributed by atoms with Crippen LogP contribution in [0.15, 0.2) is 9.98 Å². The first-order valence-corrected chi connectivity index (χ1v) is 11.3. The number of aromatic nitrogens is 2. The number of aromatic amines is 1. The molecule has 1 atom stereocenters. The number of hydrogen-bond donors (Lipinski definition) is 1. The Labute approximate surface area is 172 Å². The lowest BCUT2D eigenvalue weighted by molar-refractivity contribution is 0.0219. The number of carbonyl (C=O) groups is 1. The van der Waals surface area contributed by atoms with Gasteiger partial charge in [-0.15, -0.1) is 11.3 Å². The molecule has 1 aliphatic carbocycles. The molecule has 1 amide bonds. The highest BCUT2D eigenvalue weighted by atomic mass is 79.9. The van der Waals surface area contributed by atoms with Crippen molar-refractivity contribution in [2.45, 2.75) is 70.9 Å². The summed E-state index contributed by atoms with van der Waals surface area (Å²) in [7, 11) is 0. The van der Waals surface area contributed by atoms with Gasteiger partial charge in [0.2, 0.25) is 0 Å². The van der Waals surface area contributed by atoms with E-state index in [2.05, 4.69) is 25.9 Å². The van der Waals surface area contributed by atoms with Crippen molar-refractivity contribution in [2.24, 2.45) is 0 Å². The predicted octanol–water partition coefficient (Wildman–Crippen LogP) is 5.85. The van der Waals surface area contributed by atoms with E-state index < -0.39 is 5.60 Å². The first-order chi connectivity index (χ1) is 12.8. The lowest BCUT2D eigenvalue weighted by Gasteiger charge is -2.27. The molecule has 0 spiro atoms. The van der Waals surface area contributed by atoms with Crippen molar-refractivity contribution < 1.29 is 9.53 Å². The average Bonchev–Trinajstić information content (AvgIpc) is 3.31. The van der Waals surface area contributed by atoms with Crippen molar-refractivity contribution in [3.05, 3.63) is 26.9 Å². The Morgan fingerprint density at radius 2 is 2.04 bits per heavy atom. The topological polar surface area (TPSA) is 58.2 Å².